The largest absolute Gasteiger partial charge is 0.495 e. The van der Waals surface area contributed by atoms with E-state index < -0.39 is 22.0 Å². The molecule has 2 aromatic carbocycles. The molecular formula is C20H26N2O5S. The molecule has 7 nitrogen and oxygen atoms in total. The maximum Gasteiger partial charge on any atom is 0.247 e. The van der Waals surface area contributed by atoms with Gasteiger partial charge in [-0.2, -0.15) is 0 Å². The van der Waals surface area contributed by atoms with E-state index in [0.29, 0.717) is 29.5 Å². The molecule has 0 aromatic heterocycles. The van der Waals surface area contributed by atoms with Gasteiger partial charge in [-0.05, 0) is 50.6 Å². The van der Waals surface area contributed by atoms with Crippen LogP contribution in [0.3, 0.4) is 0 Å². The first-order valence-electron chi connectivity index (χ1n) is 8.85. The molecule has 0 aliphatic heterocycles. The summed E-state index contributed by atoms with van der Waals surface area (Å²) >= 11 is 0. The Morgan fingerprint density at radius 3 is 2.54 bits per heavy atom. The fourth-order valence-corrected chi connectivity index (χ4v) is 4.00. The van der Waals surface area contributed by atoms with E-state index in [1.165, 1.54) is 14.0 Å². The van der Waals surface area contributed by atoms with E-state index in [1.807, 2.05) is 19.9 Å². The maximum atomic E-state index is 12.8. The van der Waals surface area contributed by atoms with Gasteiger partial charge in [0.05, 0.1) is 25.7 Å². The number of rotatable bonds is 8. The second-order valence-electron chi connectivity index (χ2n) is 6.36. The summed E-state index contributed by atoms with van der Waals surface area (Å²) in [6, 6.07) is 11.1. The van der Waals surface area contributed by atoms with Gasteiger partial charge in [-0.15, -0.1) is 0 Å². The highest BCUT2D eigenvalue weighted by molar-refractivity contribution is 7.92. The SMILES string of the molecule is CCOc1cccc(NC(=O)[C@@H](C)N(c2cc(C)ccc2OC)S(C)(=O)=O)c1. The summed E-state index contributed by atoms with van der Waals surface area (Å²) in [6.45, 7) is 5.74. The molecule has 2 rings (SSSR count). The molecule has 0 radical (unpaired) electrons. The monoisotopic (exact) mass is 406 g/mol. The zero-order valence-corrected chi connectivity index (χ0v) is 17.5. The minimum absolute atomic E-state index is 0.315. The van der Waals surface area contributed by atoms with E-state index in [9.17, 15) is 13.2 Å². The number of carbonyl (C=O) groups excluding carboxylic acids is 1. The van der Waals surface area contributed by atoms with E-state index in [-0.39, 0.29) is 0 Å². The molecule has 0 aliphatic carbocycles. The molecule has 0 saturated heterocycles. The number of nitrogens with zero attached hydrogens (tertiary/aromatic N) is 1. The third kappa shape index (κ3) is 5.16. The number of anilines is 2. The molecule has 0 spiro atoms. The molecule has 1 atom stereocenters. The van der Waals surface area contributed by atoms with Crippen molar-refractivity contribution >= 4 is 27.3 Å². The van der Waals surface area contributed by atoms with Crippen LogP contribution >= 0.6 is 0 Å². The molecule has 0 bridgehead atoms. The van der Waals surface area contributed by atoms with Gasteiger partial charge in [0.15, 0.2) is 0 Å². The lowest BCUT2D eigenvalue weighted by atomic mass is 10.2. The van der Waals surface area contributed by atoms with Gasteiger partial charge in [0.25, 0.3) is 0 Å². The van der Waals surface area contributed by atoms with Gasteiger partial charge in [-0.1, -0.05) is 12.1 Å². The lowest BCUT2D eigenvalue weighted by Gasteiger charge is -2.29. The maximum absolute atomic E-state index is 12.8. The average molecular weight is 407 g/mol. The summed E-state index contributed by atoms with van der Waals surface area (Å²) in [5, 5.41) is 2.75. The van der Waals surface area contributed by atoms with Gasteiger partial charge in [0, 0.05) is 11.8 Å². The quantitative estimate of drug-likeness (QED) is 0.728. The standard InChI is InChI=1S/C20H26N2O5S/c1-6-27-17-9-7-8-16(13-17)21-20(23)15(3)22(28(5,24)25)18-12-14(2)10-11-19(18)26-4/h7-13,15H,6H2,1-5H3,(H,21,23)/t15-/m1/s1. The van der Waals surface area contributed by atoms with Gasteiger partial charge >= 0.3 is 0 Å². The first-order valence-corrected chi connectivity index (χ1v) is 10.7. The van der Waals surface area contributed by atoms with Gasteiger partial charge in [-0.3, -0.25) is 9.10 Å². The average Bonchev–Trinajstić information content (AvgIpc) is 2.61. The highest BCUT2D eigenvalue weighted by Crippen LogP contribution is 2.33. The number of nitrogens with one attached hydrogen (secondary N) is 1. The second-order valence-corrected chi connectivity index (χ2v) is 8.22. The van der Waals surface area contributed by atoms with Crippen LogP contribution in [0.25, 0.3) is 0 Å². The molecule has 1 N–H and O–H groups in total. The van der Waals surface area contributed by atoms with Gasteiger partial charge in [0.1, 0.15) is 17.5 Å². The lowest BCUT2D eigenvalue weighted by molar-refractivity contribution is -0.116. The fourth-order valence-electron chi connectivity index (χ4n) is 2.83. The van der Waals surface area contributed by atoms with Crippen LogP contribution in [0.4, 0.5) is 11.4 Å². The van der Waals surface area contributed by atoms with Crippen molar-refractivity contribution in [3.05, 3.63) is 48.0 Å². The van der Waals surface area contributed by atoms with Crippen LogP contribution < -0.4 is 19.1 Å². The molecule has 2 aromatic rings. The number of carbonyl (C=O) groups is 1. The van der Waals surface area contributed by atoms with Crippen molar-refractivity contribution in [2.45, 2.75) is 26.8 Å². The smallest absolute Gasteiger partial charge is 0.247 e. The number of benzene rings is 2. The molecular weight excluding hydrogens is 380 g/mol. The van der Waals surface area contributed by atoms with Crippen LogP contribution in [0.5, 0.6) is 11.5 Å². The van der Waals surface area contributed by atoms with Crippen LogP contribution in [0.1, 0.15) is 19.4 Å². The minimum Gasteiger partial charge on any atom is -0.495 e. The fraction of sp³-hybridized carbons (Fsp3) is 0.350. The van der Waals surface area contributed by atoms with E-state index in [2.05, 4.69) is 5.32 Å². The summed E-state index contributed by atoms with van der Waals surface area (Å²) in [4.78, 5) is 12.8. The molecule has 0 aliphatic rings. The first kappa shape index (κ1) is 21.6. The highest BCUT2D eigenvalue weighted by atomic mass is 32.2. The minimum atomic E-state index is -3.75. The summed E-state index contributed by atoms with van der Waals surface area (Å²) in [5.74, 6) is 0.518. The van der Waals surface area contributed by atoms with E-state index in [0.717, 1.165) is 16.1 Å². The molecule has 8 heteroatoms. The Labute approximate surface area is 166 Å². The Morgan fingerprint density at radius 2 is 1.93 bits per heavy atom. The predicted octanol–water partition coefficient (Wildman–Crippen LogP) is 3.20. The second kappa shape index (κ2) is 8.97. The van der Waals surface area contributed by atoms with Crippen LogP contribution in [0.15, 0.2) is 42.5 Å². The summed E-state index contributed by atoms with van der Waals surface area (Å²) in [7, 11) is -2.30. The van der Waals surface area contributed by atoms with Crippen LogP contribution in [0.2, 0.25) is 0 Å². The lowest BCUT2D eigenvalue weighted by Crippen LogP contribution is -2.45. The summed E-state index contributed by atoms with van der Waals surface area (Å²) in [6.07, 6.45) is 1.06. The Kier molecular flexibility index (Phi) is 6.90. The van der Waals surface area contributed by atoms with Gasteiger partial charge < -0.3 is 14.8 Å². The molecule has 152 valence electrons. The van der Waals surface area contributed by atoms with Crippen molar-refractivity contribution in [1.29, 1.82) is 0 Å². The predicted molar refractivity (Wildman–Crippen MR) is 111 cm³/mol. The van der Waals surface area contributed by atoms with Crippen molar-refractivity contribution in [3.8, 4) is 11.5 Å². The molecule has 0 saturated carbocycles. The van der Waals surface area contributed by atoms with Gasteiger partial charge in [0.2, 0.25) is 15.9 Å². The Morgan fingerprint density at radius 1 is 1.21 bits per heavy atom. The third-order valence-corrected chi connectivity index (χ3v) is 5.30. The number of ether oxygens (including phenoxy) is 2. The van der Waals surface area contributed by atoms with Crippen LogP contribution in [-0.4, -0.2) is 40.3 Å². The van der Waals surface area contributed by atoms with Crippen molar-refractivity contribution in [2.24, 2.45) is 0 Å². The van der Waals surface area contributed by atoms with E-state index >= 15 is 0 Å². The normalized spacial score (nSPS) is 12.2. The number of hydrogen-bond acceptors (Lipinski definition) is 5. The Balaban J connectivity index is 2.36. The Hall–Kier alpha value is -2.74. The zero-order chi connectivity index (χ0) is 20.9. The number of amides is 1. The third-order valence-electron chi connectivity index (χ3n) is 4.07. The number of hydrogen-bond donors (Lipinski definition) is 1. The first-order chi connectivity index (χ1) is 13.2. The van der Waals surface area contributed by atoms with Crippen LogP contribution in [0, 0.1) is 6.92 Å². The molecule has 0 unspecified atom stereocenters. The zero-order valence-electron chi connectivity index (χ0n) is 16.7. The molecule has 0 fully saturated rings. The van der Waals surface area contributed by atoms with E-state index in [1.54, 1.807) is 36.4 Å². The molecule has 0 heterocycles. The van der Waals surface area contributed by atoms with Crippen molar-refractivity contribution in [1.82, 2.24) is 0 Å². The number of aryl methyl sites for hydroxylation is 1. The molecule has 28 heavy (non-hydrogen) atoms. The molecule has 1 amide bonds. The summed E-state index contributed by atoms with van der Waals surface area (Å²) < 4.78 is 36.9. The van der Waals surface area contributed by atoms with Crippen LogP contribution in [-0.2, 0) is 14.8 Å². The number of methoxy groups -OCH3 is 1. The topological polar surface area (TPSA) is 84.9 Å². The number of sulfonamides is 1. The van der Waals surface area contributed by atoms with Crippen molar-refractivity contribution in [2.75, 3.05) is 29.6 Å². The van der Waals surface area contributed by atoms with E-state index in [4.69, 9.17) is 9.47 Å². The Bertz CT molecular complexity index is 943. The highest BCUT2D eigenvalue weighted by Gasteiger charge is 2.31. The van der Waals surface area contributed by atoms with Crippen molar-refractivity contribution in [3.63, 3.8) is 0 Å². The van der Waals surface area contributed by atoms with Gasteiger partial charge in [-0.25, -0.2) is 8.42 Å². The van der Waals surface area contributed by atoms with Crippen molar-refractivity contribution < 1.29 is 22.7 Å². The summed E-state index contributed by atoms with van der Waals surface area (Å²) in [5.41, 5.74) is 1.68.